The largest absolute Gasteiger partial charge is 0.338 e. The van der Waals surface area contributed by atoms with Gasteiger partial charge < -0.3 is 10.2 Å². The molecule has 1 aliphatic heterocycles. The van der Waals surface area contributed by atoms with E-state index in [4.69, 9.17) is 16.6 Å². The maximum Gasteiger partial charge on any atom is 0.245 e. The van der Waals surface area contributed by atoms with Crippen LogP contribution in [0, 0.1) is 11.7 Å². The van der Waals surface area contributed by atoms with Crippen molar-refractivity contribution in [2.75, 3.05) is 18.4 Å². The first-order valence-electron chi connectivity index (χ1n) is 9.26. The maximum absolute atomic E-state index is 14.3. The summed E-state index contributed by atoms with van der Waals surface area (Å²) in [4.78, 5) is 27.2. The number of amides is 1. The summed E-state index contributed by atoms with van der Waals surface area (Å²) in [6.07, 6.45) is 3.75. The van der Waals surface area contributed by atoms with Crippen LogP contribution in [0.1, 0.15) is 12.1 Å². The van der Waals surface area contributed by atoms with Gasteiger partial charge in [-0.3, -0.25) is 4.79 Å². The second kappa shape index (κ2) is 6.49. The van der Waals surface area contributed by atoms with E-state index in [1.807, 2.05) is 17.0 Å². The first-order valence-corrected chi connectivity index (χ1v) is 9.64. The normalized spacial score (nSPS) is 22.4. The van der Waals surface area contributed by atoms with Gasteiger partial charge in [-0.15, -0.1) is 0 Å². The summed E-state index contributed by atoms with van der Waals surface area (Å²) in [5.74, 6) is 0.193. The molecule has 0 radical (unpaired) electrons. The molecule has 2 aromatic heterocycles. The standard InChI is InChI=1S/C21H17ClFN5O/c1-2-17(29)28-9-12-8-21(12,10-28)16-7-6-15-19(27-16)20(25-11-24-15)26-14-5-3-4-13(22)18(14)23/h2-7,11-12H,1,8-10H2,(H,24,25,26)/t12-,21-/m1/s1. The Hall–Kier alpha value is -3.06. The average molecular weight is 410 g/mol. The molecule has 1 amide bonds. The Labute approximate surface area is 171 Å². The number of nitrogens with one attached hydrogen (secondary N) is 1. The van der Waals surface area contributed by atoms with Crippen LogP contribution in [0.4, 0.5) is 15.9 Å². The van der Waals surface area contributed by atoms with Crippen LogP contribution in [0.15, 0.2) is 49.3 Å². The molecule has 3 aromatic rings. The summed E-state index contributed by atoms with van der Waals surface area (Å²) in [7, 11) is 0. The number of anilines is 2. The summed E-state index contributed by atoms with van der Waals surface area (Å²) in [6, 6.07) is 8.58. The van der Waals surface area contributed by atoms with E-state index in [0.717, 1.165) is 12.1 Å². The first-order chi connectivity index (χ1) is 14.0. The number of nitrogens with zero attached hydrogens (tertiary/aromatic N) is 4. The second-order valence-corrected chi connectivity index (χ2v) is 7.90. The highest BCUT2D eigenvalue weighted by molar-refractivity contribution is 6.31. The maximum atomic E-state index is 14.3. The van der Waals surface area contributed by atoms with Crippen molar-refractivity contribution in [3.8, 4) is 0 Å². The number of likely N-dealkylation sites (tertiary alicyclic amines) is 1. The molecule has 0 spiro atoms. The number of fused-ring (bicyclic) bond motifs is 2. The van der Waals surface area contributed by atoms with Crippen LogP contribution in [-0.4, -0.2) is 38.8 Å². The SMILES string of the molecule is C=CC(=O)N1C[C@H]2C[C@@]2(c2ccc3ncnc(Nc4cccc(Cl)c4F)c3n2)C1. The third-order valence-corrected chi connectivity index (χ3v) is 6.12. The van der Waals surface area contributed by atoms with Crippen molar-refractivity contribution in [1.29, 1.82) is 0 Å². The van der Waals surface area contributed by atoms with Crippen LogP contribution in [0.3, 0.4) is 0 Å². The molecular weight excluding hydrogens is 393 g/mol. The third-order valence-electron chi connectivity index (χ3n) is 5.83. The molecule has 29 heavy (non-hydrogen) atoms. The lowest BCUT2D eigenvalue weighted by Crippen LogP contribution is -2.31. The molecule has 1 saturated carbocycles. The Balaban J connectivity index is 1.53. The number of benzene rings is 1. The van der Waals surface area contributed by atoms with Gasteiger partial charge in [-0.1, -0.05) is 24.2 Å². The predicted molar refractivity (Wildman–Crippen MR) is 109 cm³/mol. The molecule has 1 aliphatic carbocycles. The molecule has 2 atom stereocenters. The lowest BCUT2D eigenvalue weighted by Gasteiger charge is -2.19. The fourth-order valence-electron chi connectivity index (χ4n) is 4.21. The minimum Gasteiger partial charge on any atom is -0.338 e. The molecule has 6 nitrogen and oxygen atoms in total. The topological polar surface area (TPSA) is 71.0 Å². The number of halogens is 2. The van der Waals surface area contributed by atoms with E-state index in [-0.39, 0.29) is 22.0 Å². The van der Waals surface area contributed by atoms with Crippen molar-refractivity contribution in [3.05, 3.63) is 65.8 Å². The monoisotopic (exact) mass is 409 g/mol. The summed E-state index contributed by atoms with van der Waals surface area (Å²) in [5, 5.41) is 3.01. The summed E-state index contributed by atoms with van der Waals surface area (Å²) < 4.78 is 14.3. The smallest absolute Gasteiger partial charge is 0.245 e. The zero-order valence-corrected chi connectivity index (χ0v) is 16.2. The Morgan fingerprint density at radius 1 is 1.34 bits per heavy atom. The van der Waals surface area contributed by atoms with Gasteiger partial charge in [0.2, 0.25) is 5.91 Å². The van der Waals surface area contributed by atoms with Gasteiger partial charge in [-0.05, 0) is 42.7 Å². The number of aromatic nitrogens is 3. The summed E-state index contributed by atoms with van der Waals surface area (Å²) >= 11 is 5.88. The lowest BCUT2D eigenvalue weighted by atomic mass is 10.0. The van der Waals surface area contributed by atoms with Gasteiger partial charge in [0.1, 0.15) is 11.8 Å². The van der Waals surface area contributed by atoms with Crippen molar-refractivity contribution in [2.45, 2.75) is 11.8 Å². The molecule has 3 heterocycles. The van der Waals surface area contributed by atoms with E-state index in [1.165, 1.54) is 18.5 Å². The minimum absolute atomic E-state index is 0.0275. The van der Waals surface area contributed by atoms with E-state index in [0.29, 0.717) is 35.9 Å². The molecule has 1 N–H and O–H groups in total. The van der Waals surface area contributed by atoms with Gasteiger partial charge >= 0.3 is 0 Å². The van der Waals surface area contributed by atoms with Crippen molar-refractivity contribution >= 4 is 40.0 Å². The first kappa shape index (κ1) is 18.0. The Morgan fingerprint density at radius 2 is 2.21 bits per heavy atom. The molecule has 2 aliphatic rings. The number of pyridine rings is 1. The van der Waals surface area contributed by atoms with E-state index in [1.54, 1.807) is 12.1 Å². The summed E-state index contributed by atoms with van der Waals surface area (Å²) in [6.45, 7) is 4.92. The minimum atomic E-state index is -0.549. The molecule has 2 fully saturated rings. The fraction of sp³-hybridized carbons (Fsp3) is 0.238. The van der Waals surface area contributed by atoms with Crippen molar-refractivity contribution in [1.82, 2.24) is 19.9 Å². The van der Waals surface area contributed by atoms with Crippen LogP contribution in [0.5, 0.6) is 0 Å². The summed E-state index contributed by atoms with van der Waals surface area (Å²) in [5.41, 5.74) is 2.19. The van der Waals surface area contributed by atoms with Crippen molar-refractivity contribution in [2.24, 2.45) is 5.92 Å². The quantitative estimate of drug-likeness (QED) is 0.663. The molecule has 0 bridgehead atoms. The molecule has 1 aromatic carbocycles. The van der Waals surface area contributed by atoms with E-state index in [2.05, 4.69) is 21.9 Å². The van der Waals surface area contributed by atoms with E-state index < -0.39 is 5.82 Å². The molecule has 8 heteroatoms. The third kappa shape index (κ3) is 2.84. The Kier molecular flexibility index (Phi) is 4.03. The van der Waals surface area contributed by atoms with Crippen LogP contribution in [-0.2, 0) is 10.2 Å². The Bertz CT molecular complexity index is 1170. The molecule has 1 saturated heterocycles. The van der Waals surface area contributed by atoms with Gasteiger partial charge in [0.15, 0.2) is 11.6 Å². The number of piperidine rings is 1. The zero-order chi connectivity index (χ0) is 20.2. The second-order valence-electron chi connectivity index (χ2n) is 7.49. The van der Waals surface area contributed by atoms with Crippen LogP contribution >= 0.6 is 11.6 Å². The van der Waals surface area contributed by atoms with E-state index >= 15 is 0 Å². The highest BCUT2D eigenvalue weighted by atomic mass is 35.5. The molecular formula is C21H17ClFN5O. The van der Waals surface area contributed by atoms with Gasteiger partial charge in [-0.2, -0.15) is 0 Å². The average Bonchev–Trinajstić information content (AvgIpc) is 3.31. The zero-order valence-electron chi connectivity index (χ0n) is 15.4. The van der Waals surface area contributed by atoms with Gasteiger partial charge in [0.05, 0.1) is 16.2 Å². The lowest BCUT2D eigenvalue weighted by molar-refractivity contribution is -0.125. The van der Waals surface area contributed by atoms with E-state index in [9.17, 15) is 9.18 Å². The number of hydrogen-bond acceptors (Lipinski definition) is 5. The van der Waals surface area contributed by atoms with Crippen LogP contribution in [0.2, 0.25) is 5.02 Å². The highest BCUT2D eigenvalue weighted by Crippen LogP contribution is 2.58. The molecule has 146 valence electrons. The number of rotatable bonds is 4. The van der Waals surface area contributed by atoms with Gasteiger partial charge in [0.25, 0.3) is 0 Å². The van der Waals surface area contributed by atoms with Crippen molar-refractivity contribution in [3.63, 3.8) is 0 Å². The van der Waals surface area contributed by atoms with Crippen LogP contribution < -0.4 is 5.32 Å². The van der Waals surface area contributed by atoms with Gasteiger partial charge in [0, 0.05) is 24.2 Å². The molecule has 0 unspecified atom stereocenters. The molecule has 5 rings (SSSR count). The van der Waals surface area contributed by atoms with Crippen molar-refractivity contribution < 1.29 is 9.18 Å². The highest BCUT2D eigenvalue weighted by Gasteiger charge is 2.62. The number of carbonyl (C=O) groups is 1. The number of carbonyl (C=O) groups excluding carboxylic acids is 1. The van der Waals surface area contributed by atoms with Gasteiger partial charge in [-0.25, -0.2) is 19.3 Å². The number of hydrogen-bond donors (Lipinski definition) is 1. The predicted octanol–water partition coefficient (Wildman–Crippen LogP) is 3.85. The fourth-order valence-corrected chi connectivity index (χ4v) is 4.39. The Morgan fingerprint density at radius 3 is 3.03 bits per heavy atom. The van der Waals surface area contributed by atoms with Crippen LogP contribution in [0.25, 0.3) is 11.0 Å².